The minimum absolute atomic E-state index is 0.0396. The Morgan fingerprint density at radius 1 is 1.32 bits per heavy atom. The third-order valence-corrected chi connectivity index (χ3v) is 3.66. The Balaban J connectivity index is 2.94. The predicted octanol–water partition coefficient (Wildman–Crippen LogP) is 2.94. The Bertz CT molecular complexity index is 426. The summed E-state index contributed by atoms with van der Waals surface area (Å²) in [6.45, 7) is 1.71. The van der Waals surface area contributed by atoms with Gasteiger partial charge in [0.25, 0.3) is 5.91 Å². The molecular formula is C13H17Br2NO3. The van der Waals surface area contributed by atoms with Crippen LogP contribution in [0, 0.1) is 0 Å². The second kappa shape index (κ2) is 8.55. The highest BCUT2D eigenvalue weighted by atomic mass is 79.9. The molecule has 0 aliphatic heterocycles. The van der Waals surface area contributed by atoms with Crippen molar-refractivity contribution in [1.29, 1.82) is 0 Å². The summed E-state index contributed by atoms with van der Waals surface area (Å²) in [5.41, 5.74) is 0.594. The van der Waals surface area contributed by atoms with Crippen molar-refractivity contribution in [2.45, 2.75) is 0 Å². The number of amides is 1. The summed E-state index contributed by atoms with van der Waals surface area (Å²) in [4.78, 5) is 14.2. The summed E-state index contributed by atoms with van der Waals surface area (Å²) < 4.78 is 10.9. The zero-order chi connectivity index (χ0) is 14.3. The van der Waals surface area contributed by atoms with Crippen LogP contribution in [0.5, 0.6) is 5.75 Å². The standard InChI is InChI=1S/C13H17Br2NO3/c1-18-8-7-16(6-5-14)13(17)11-9-10(19-2)3-4-12(11)15/h3-4,9H,5-8H2,1-2H3. The van der Waals surface area contributed by atoms with Crippen molar-refractivity contribution >= 4 is 37.8 Å². The van der Waals surface area contributed by atoms with Crippen molar-refractivity contribution in [2.75, 3.05) is 39.2 Å². The number of nitrogens with zero attached hydrogens (tertiary/aromatic N) is 1. The number of carbonyl (C=O) groups is 1. The van der Waals surface area contributed by atoms with E-state index in [4.69, 9.17) is 9.47 Å². The molecule has 0 unspecified atom stereocenters. The van der Waals surface area contributed by atoms with Crippen molar-refractivity contribution in [2.24, 2.45) is 0 Å². The van der Waals surface area contributed by atoms with Gasteiger partial charge in [-0.2, -0.15) is 0 Å². The van der Waals surface area contributed by atoms with E-state index in [0.29, 0.717) is 31.0 Å². The number of benzene rings is 1. The van der Waals surface area contributed by atoms with Crippen molar-refractivity contribution in [3.05, 3.63) is 28.2 Å². The molecule has 0 aliphatic rings. The number of hydrogen-bond donors (Lipinski definition) is 0. The van der Waals surface area contributed by atoms with Gasteiger partial charge < -0.3 is 14.4 Å². The molecule has 0 heterocycles. The van der Waals surface area contributed by atoms with Gasteiger partial charge in [0, 0.05) is 30.0 Å². The largest absolute Gasteiger partial charge is 0.497 e. The maximum atomic E-state index is 12.5. The summed E-state index contributed by atoms with van der Waals surface area (Å²) in [6, 6.07) is 5.36. The number of hydrogen-bond acceptors (Lipinski definition) is 3. The van der Waals surface area contributed by atoms with E-state index in [1.165, 1.54) is 0 Å². The molecule has 0 spiro atoms. The highest BCUT2D eigenvalue weighted by Crippen LogP contribution is 2.23. The molecule has 6 heteroatoms. The molecule has 0 aromatic heterocycles. The first-order valence-corrected chi connectivity index (χ1v) is 7.73. The van der Waals surface area contributed by atoms with E-state index in [1.807, 2.05) is 12.1 Å². The van der Waals surface area contributed by atoms with Crippen LogP contribution in [-0.4, -0.2) is 50.1 Å². The lowest BCUT2D eigenvalue weighted by Gasteiger charge is -2.22. The maximum absolute atomic E-state index is 12.5. The molecule has 19 heavy (non-hydrogen) atoms. The maximum Gasteiger partial charge on any atom is 0.255 e. The van der Waals surface area contributed by atoms with Gasteiger partial charge in [-0.1, -0.05) is 15.9 Å². The lowest BCUT2D eigenvalue weighted by molar-refractivity contribution is 0.0707. The average Bonchev–Trinajstić information content (AvgIpc) is 2.43. The van der Waals surface area contributed by atoms with Crippen LogP contribution in [0.25, 0.3) is 0 Å². The number of ether oxygens (including phenoxy) is 2. The fraction of sp³-hybridized carbons (Fsp3) is 0.462. The van der Waals surface area contributed by atoms with Crippen molar-refractivity contribution < 1.29 is 14.3 Å². The first kappa shape index (κ1) is 16.5. The molecule has 0 fully saturated rings. The Morgan fingerprint density at radius 2 is 2.05 bits per heavy atom. The van der Waals surface area contributed by atoms with Gasteiger partial charge in [0.2, 0.25) is 0 Å². The molecule has 0 atom stereocenters. The summed E-state index contributed by atoms with van der Waals surface area (Å²) in [7, 11) is 3.21. The van der Waals surface area contributed by atoms with Crippen LogP contribution in [0.3, 0.4) is 0 Å². The first-order valence-electron chi connectivity index (χ1n) is 5.81. The summed E-state index contributed by atoms with van der Waals surface area (Å²) in [5.74, 6) is 0.624. The van der Waals surface area contributed by atoms with Gasteiger partial charge in [0.05, 0.1) is 19.3 Å². The van der Waals surface area contributed by atoms with Crippen molar-refractivity contribution in [3.8, 4) is 5.75 Å². The molecule has 1 aromatic rings. The Labute approximate surface area is 130 Å². The quantitative estimate of drug-likeness (QED) is 0.667. The van der Waals surface area contributed by atoms with Gasteiger partial charge in [-0.3, -0.25) is 4.79 Å². The van der Waals surface area contributed by atoms with Crippen molar-refractivity contribution in [1.82, 2.24) is 4.90 Å². The van der Waals surface area contributed by atoms with E-state index in [1.54, 1.807) is 25.2 Å². The topological polar surface area (TPSA) is 38.8 Å². The Hall–Kier alpha value is -0.590. The van der Waals surface area contributed by atoms with Crippen LogP contribution >= 0.6 is 31.9 Å². The Kier molecular flexibility index (Phi) is 7.41. The summed E-state index contributed by atoms with van der Waals surface area (Å²) >= 11 is 6.76. The van der Waals surface area contributed by atoms with Gasteiger partial charge in [0.15, 0.2) is 0 Å². The number of halogens is 2. The monoisotopic (exact) mass is 393 g/mol. The first-order chi connectivity index (χ1) is 9.13. The molecule has 0 bridgehead atoms. The van der Waals surface area contributed by atoms with Crippen LogP contribution in [-0.2, 0) is 4.74 Å². The van der Waals surface area contributed by atoms with Crippen molar-refractivity contribution in [3.63, 3.8) is 0 Å². The van der Waals surface area contributed by atoms with Crippen LogP contribution < -0.4 is 4.74 Å². The van der Waals surface area contributed by atoms with Gasteiger partial charge in [-0.15, -0.1) is 0 Å². The zero-order valence-corrected chi connectivity index (χ0v) is 14.2. The van der Waals surface area contributed by atoms with E-state index >= 15 is 0 Å². The highest BCUT2D eigenvalue weighted by Gasteiger charge is 2.18. The van der Waals surface area contributed by atoms with Gasteiger partial charge in [-0.25, -0.2) is 0 Å². The van der Waals surface area contributed by atoms with E-state index in [2.05, 4.69) is 31.9 Å². The summed E-state index contributed by atoms with van der Waals surface area (Å²) in [5, 5.41) is 0.726. The molecule has 1 aromatic carbocycles. The molecule has 0 saturated carbocycles. The SMILES string of the molecule is COCCN(CCBr)C(=O)c1cc(OC)ccc1Br. The van der Waals surface area contributed by atoms with Crippen LogP contribution in [0.15, 0.2) is 22.7 Å². The lowest BCUT2D eigenvalue weighted by Crippen LogP contribution is -2.35. The van der Waals surface area contributed by atoms with Gasteiger partial charge in [-0.05, 0) is 34.1 Å². The smallest absolute Gasteiger partial charge is 0.255 e. The number of methoxy groups -OCH3 is 2. The Morgan fingerprint density at radius 3 is 2.63 bits per heavy atom. The van der Waals surface area contributed by atoms with Crippen LogP contribution in [0.1, 0.15) is 10.4 Å². The van der Waals surface area contributed by atoms with Crippen LogP contribution in [0.2, 0.25) is 0 Å². The highest BCUT2D eigenvalue weighted by molar-refractivity contribution is 9.10. The molecular weight excluding hydrogens is 378 g/mol. The normalized spacial score (nSPS) is 10.3. The fourth-order valence-corrected chi connectivity index (χ4v) is 2.43. The van der Waals surface area contributed by atoms with E-state index in [0.717, 1.165) is 9.80 Å². The molecule has 1 rings (SSSR count). The number of carbonyl (C=O) groups excluding carboxylic acids is 1. The second-order valence-corrected chi connectivity index (χ2v) is 5.47. The molecule has 0 aliphatic carbocycles. The predicted molar refractivity (Wildman–Crippen MR) is 82.3 cm³/mol. The molecule has 0 saturated heterocycles. The molecule has 1 amide bonds. The minimum atomic E-state index is -0.0396. The average molecular weight is 395 g/mol. The summed E-state index contributed by atoms with van der Waals surface area (Å²) in [6.07, 6.45) is 0. The number of rotatable bonds is 7. The van der Waals surface area contributed by atoms with Gasteiger partial charge >= 0.3 is 0 Å². The van der Waals surface area contributed by atoms with Gasteiger partial charge in [0.1, 0.15) is 5.75 Å². The third kappa shape index (κ3) is 4.78. The van der Waals surface area contributed by atoms with E-state index in [9.17, 15) is 4.79 Å². The van der Waals surface area contributed by atoms with Crippen LogP contribution in [0.4, 0.5) is 0 Å². The molecule has 4 nitrogen and oxygen atoms in total. The second-order valence-electron chi connectivity index (χ2n) is 3.82. The minimum Gasteiger partial charge on any atom is -0.497 e. The van der Waals surface area contributed by atoms with E-state index < -0.39 is 0 Å². The molecule has 0 radical (unpaired) electrons. The number of alkyl halides is 1. The lowest BCUT2D eigenvalue weighted by atomic mass is 10.2. The fourth-order valence-electron chi connectivity index (χ4n) is 1.58. The molecule has 0 N–H and O–H groups in total. The third-order valence-electron chi connectivity index (χ3n) is 2.61. The van der Waals surface area contributed by atoms with E-state index in [-0.39, 0.29) is 5.91 Å². The zero-order valence-electron chi connectivity index (χ0n) is 11.0. The molecule has 106 valence electrons.